The third kappa shape index (κ3) is 5.75. The van der Waals surface area contributed by atoms with Crippen LogP contribution in [0.1, 0.15) is 26.7 Å². The minimum atomic E-state index is -0.114. The fraction of sp³-hybridized carbons (Fsp3) is 0.533. The number of amides is 2. The van der Waals surface area contributed by atoms with E-state index < -0.39 is 0 Å². The van der Waals surface area contributed by atoms with Crippen LogP contribution in [0.4, 0.5) is 10.5 Å². The number of nitrogens with zero attached hydrogens (tertiary/aromatic N) is 1. The third-order valence-corrected chi connectivity index (χ3v) is 2.99. The van der Waals surface area contributed by atoms with Gasteiger partial charge in [-0.3, -0.25) is 0 Å². The second-order valence-corrected chi connectivity index (χ2v) is 4.57. The summed E-state index contributed by atoms with van der Waals surface area (Å²) in [6.45, 7) is 6.06. The highest BCUT2D eigenvalue weighted by Gasteiger charge is 2.18. The Balaban J connectivity index is 0.000000861. The van der Waals surface area contributed by atoms with E-state index in [1.165, 1.54) is 0 Å². The number of hydrogen-bond donors (Lipinski definition) is 2. The highest BCUT2D eigenvalue weighted by atomic mass is 16.2. The first kappa shape index (κ1) is 15.5. The zero-order valence-corrected chi connectivity index (χ0v) is 12.1. The van der Waals surface area contributed by atoms with Gasteiger partial charge in [0.05, 0.1) is 0 Å². The Morgan fingerprint density at radius 2 is 1.95 bits per heavy atom. The fourth-order valence-electron chi connectivity index (χ4n) is 2.16. The van der Waals surface area contributed by atoms with E-state index in [0.717, 1.165) is 31.6 Å². The van der Waals surface area contributed by atoms with E-state index in [1.54, 1.807) is 0 Å². The van der Waals surface area contributed by atoms with Crippen LogP contribution in [0.15, 0.2) is 30.3 Å². The molecule has 0 spiro atoms. The molecule has 2 N–H and O–H groups in total. The van der Waals surface area contributed by atoms with Gasteiger partial charge in [-0.2, -0.15) is 0 Å². The average Bonchev–Trinajstić information content (AvgIpc) is 2.42. The van der Waals surface area contributed by atoms with Crippen molar-refractivity contribution in [2.45, 2.75) is 32.7 Å². The van der Waals surface area contributed by atoms with Gasteiger partial charge in [0.15, 0.2) is 0 Å². The number of carbonyl (C=O) groups is 1. The first-order valence-electron chi connectivity index (χ1n) is 7.05. The molecule has 0 unspecified atom stereocenters. The van der Waals surface area contributed by atoms with E-state index in [2.05, 4.69) is 22.6 Å². The maximum Gasteiger partial charge on any atom is 0.319 e. The standard InChI is InChI=1S/C13H19N3O.C2H6/c1-16-9-5-8-12(10-16)15-13(17)14-11-6-3-2-4-7-11;1-2/h2-4,6-7,12H,5,8-10H2,1H3,(H2,14,15,17);1-2H3/t12-;/m1./s1. The minimum Gasteiger partial charge on any atom is -0.334 e. The highest BCUT2D eigenvalue weighted by Crippen LogP contribution is 2.09. The van der Waals surface area contributed by atoms with Crippen molar-refractivity contribution in [1.82, 2.24) is 10.2 Å². The summed E-state index contributed by atoms with van der Waals surface area (Å²) in [7, 11) is 2.09. The number of carbonyl (C=O) groups excluding carboxylic acids is 1. The molecule has 0 aliphatic carbocycles. The van der Waals surface area contributed by atoms with Gasteiger partial charge in [-0.15, -0.1) is 0 Å². The van der Waals surface area contributed by atoms with Crippen LogP contribution in [0, 0.1) is 0 Å². The largest absolute Gasteiger partial charge is 0.334 e. The number of nitrogens with one attached hydrogen (secondary N) is 2. The van der Waals surface area contributed by atoms with E-state index in [-0.39, 0.29) is 12.1 Å². The maximum atomic E-state index is 11.7. The number of benzene rings is 1. The molecular formula is C15H25N3O. The number of rotatable bonds is 2. The van der Waals surface area contributed by atoms with Crippen LogP contribution in [0.2, 0.25) is 0 Å². The van der Waals surface area contributed by atoms with E-state index in [4.69, 9.17) is 0 Å². The number of piperidine rings is 1. The van der Waals surface area contributed by atoms with Crippen molar-refractivity contribution in [3.8, 4) is 0 Å². The normalized spacial score (nSPS) is 19.0. The number of urea groups is 1. The molecule has 0 saturated carbocycles. The molecule has 1 aliphatic rings. The van der Waals surface area contributed by atoms with E-state index in [0.29, 0.717) is 0 Å². The Labute approximate surface area is 116 Å². The Morgan fingerprint density at radius 1 is 1.26 bits per heavy atom. The number of para-hydroxylation sites is 1. The lowest BCUT2D eigenvalue weighted by Gasteiger charge is -2.30. The molecule has 2 rings (SSSR count). The number of likely N-dealkylation sites (N-methyl/N-ethyl adjacent to an activating group) is 1. The molecule has 19 heavy (non-hydrogen) atoms. The molecule has 1 atom stereocenters. The molecular weight excluding hydrogens is 238 g/mol. The van der Waals surface area contributed by atoms with Crippen molar-refractivity contribution in [2.75, 3.05) is 25.5 Å². The van der Waals surface area contributed by atoms with Gasteiger partial charge in [0.25, 0.3) is 0 Å². The van der Waals surface area contributed by atoms with Crippen molar-refractivity contribution >= 4 is 11.7 Å². The Morgan fingerprint density at radius 3 is 2.58 bits per heavy atom. The molecule has 1 fully saturated rings. The van der Waals surface area contributed by atoms with Crippen molar-refractivity contribution in [3.63, 3.8) is 0 Å². The number of hydrogen-bond acceptors (Lipinski definition) is 2. The molecule has 106 valence electrons. The Bertz CT molecular complexity index is 367. The van der Waals surface area contributed by atoms with Crippen molar-refractivity contribution in [1.29, 1.82) is 0 Å². The summed E-state index contributed by atoms with van der Waals surface area (Å²) in [4.78, 5) is 14.0. The summed E-state index contributed by atoms with van der Waals surface area (Å²) in [6.07, 6.45) is 2.21. The van der Waals surface area contributed by atoms with Gasteiger partial charge in [-0.05, 0) is 38.6 Å². The Kier molecular flexibility index (Phi) is 6.97. The molecule has 1 aliphatic heterocycles. The molecule has 1 saturated heterocycles. The average molecular weight is 263 g/mol. The lowest BCUT2D eigenvalue weighted by Crippen LogP contribution is -2.47. The van der Waals surface area contributed by atoms with Crippen LogP contribution in [0.25, 0.3) is 0 Å². The molecule has 2 amide bonds. The number of likely N-dealkylation sites (tertiary alicyclic amines) is 1. The predicted octanol–water partition coefficient (Wildman–Crippen LogP) is 2.93. The summed E-state index contributed by atoms with van der Waals surface area (Å²) in [5.74, 6) is 0. The van der Waals surface area contributed by atoms with Crippen molar-refractivity contribution in [2.24, 2.45) is 0 Å². The van der Waals surface area contributed by atoms with Gasteiger partial charge < -0.3 is 15.5 Å². The topological polar surface area (TPSA) is 44.4 Å². The predicted molar refractivity (Wildman–Crippen MR) is 80.5 cm³/mol. The minimum absolute atomic E-state index is 0.114. The molecule has 1 heterocycles. The van der Waals surface area contributed by atoms with E-state index in [1.807, 2.05) is 44.2 Å². The molecule has 1 aromatic carbocycles. The van der Waals surface area contributed by atoms with Crippen molar-refractivity contribution < 1.29 is 4.79 Å². The van der Waals surface area contributed by atoms with Crippen LogP contribution < -0.4 is 10.6 Å². The van der Waals surface area contributed by atoms with Crippen LogP contribution in [-0.4, -0.2) is 37.1 Å². The van der Waals surface area contributed by atoms with E-state index >= 15 is 0 Å². The second kappa shape index (κ2) is 8.53. The summed E-state index contributed by atoms with van der Waals surface area (Å²) in [6, 6.07) is 9.65. The SMILES string of the molecule is CC.CN1CCC[C@@H](NC(=O)Nc2ccccc2)C1. The van der Waals surface area contributed by atoms with Gasteiger partial charge in [0.1, 0.15) is 0 Å². The van der Waals surface area contributed by atoms with Gasteiger partial charge >= 0.3 is 6.03 Å². The molecule has 0 bridgehead atoms. The molecule has 1 aromatic rings. The third-order valence-electron chi connectivity index (χ3n) is 2.99. The summed E-state index contributed by atoms with van der Waals surface area (Å²) >= 11 is 0. The zero-order valence-electron chi connectivity index (χ0n) is 12.1. The summed E-state index contributed by atoms with van der Waals surface area (Å²) < 4.78 is 0. The van der Waals surface area contributed by atoms with Crippen molar-refractivity contribution in [3.05, 3.63) is 30.3 Å². The van der Waals surface area contributed by atoms with Gasteiger partial charge in [-0.1, -0.05) is 32.0 Å². The van der Waals surface area contributed by atoms with Gasteiger partial charge in [-0.25, -0.2) is 4.79 Å². The first-order valence-corrected chi connectivity index (χ1v) is 7.05. The van der Waals surface area contributed by atoms with Crippen LogP contribution in [0.5, 0.6) is 0 Å². The smallest absolute Gasteiger partial charge is 0.319 e. The lowest BCUT2D eigenvalue weighted by atomic mass is 10.1. The monoisotopic (exact) mass is 263 g/mol. The molecule has 0 aromatic heterocycles. The van der Waals surface area contributed by atoms with Crippen LogP contribution in [-0.2, 0) is 0 Å². The van der Waals surface area contributed by atoms with Crippen LogP contribution >= 0.6 is 0 Å². The quantitative estimate of drug-likeness (QED) is 0.861. The van der Waals surface area contributed by atoms with Gasteiger partial charge in [0.2, 0.25) is 0 Å². The molecule has 4 nitrogen and oxygen atoms in total. The first-order chi connectivity index (χ1) is 9.24. The lowest BCUT2D eigenvalue weighted by molar-refractivity contribution is 0.216. The van der Waals surface area contributed by atoms with Crippen LogP contribution in [0.3, 0.4) is 0 Å². The highest BCUT2D eigenvalue weighted by molar-refractivity contribution is 5.89. The second-order valence-electron chi connectivity index (χ2n) is 4.57. The Hall–Kier alpha value is -1.55. The molecule has 4 heteroatoms. The zero-order chi connectivity index (χ0) is 14.1. The maximum absolute atomic E-state index is 11.7. The number of anilines is 1. The van der Waals surface area contributed by atoms with Gasteiger partial charge in [0, 0.05) is 18.3 Å². The summed E-state index contributed by atoms with van der Waals surface area (Å²) in [5, 5.41) is 5.84. The van der Waals surface area contributed by atoms with E-state index in [9.17, 15) is 4.79 Å². The molecule has 0 radical (unpaired) electrons. The fourth-order valence-corrected chi connectivity index (χ4v) is 2.16. The summed E-state index contributed by atoms with van der Waals surface area (Å²) in [5.41, 5.74) is 0.828.